The van der Waals surface area contributed by atoms with Gasteiger partial charge in [0.1, 0.15) is 11.8 Å². The number of nitrogens with one attached hydrogen (secondary N) is 1. The average Bonchev–Trinajstić information content (AvgIpc) is 2.92. The second kappa shape index (κ2) is 14.5. The average molecular weight is 519 g/mol. The Morgan fingerprint density at radius 3 is 2.35 bits per heavy atom. The van der Waals surface area contributed by atoms with Crippen LogP contribution in [0.25, 0.3) is 0 Å². The molecule has 3 aromatic carbocycles. The first kappa shape index (κ1) is 28.3. The standard InChI is InChI=1S/C31H38N2O3S/c1-5-24(3)32-31(35)29(21-25-10-7-6-8-11-25)33(22-26-12-9-13-27(20-26)36-4)30(34)18-19-37-28-16-14-23(2)15-17-28/h6-17,20,24,29H,5,18-19,21-22H2,1-4H3,(H,32,35)/t24-,29+/m0/s1. The summed E-state index contributed by atoms with van der Waals surface area (Å²) >= 11 is 1.66. The highest BCUT2D eigenvalue weighted by Crippen LogP contribution is 2.22. The van der Waals surface area contributed by atoms with E-state index < -0.39 is 6.04 Å². The molecule has 0 aliphatic carbocycles. The Morgan fingerprint density at radius 1 is 0.973 bits per heavy atom. The highest BCUT2D eigenvalue weighted by atomic mass is 32.2. The van der Waals surface area contributed by atoms with E-state index in [0.29, 0.717) is 25.1 Å². The van der Waals surface area contributed by atoms with E-state index in [1.165, 1.54) is 5.56 Å². The molecule has 37 heavy (non-hydrogen) atoms. The monoisotopic (exact) mass is 518 g/mol. The van der Waals surface area contributed by atoms with E-state index in [4.69, 9.17) is 4.74 Å². The summed E-state index contributed by atoms with van der Waals surface area (Å²) in [6.45, 7) is 6.42. The van der Waals surface area contributed by atoms with Crippen LogP contribution in [-0.4, -0.2) is 41.7 Å². The Balaban J connectivity index is 1.86. The van der Waals surface area contributed by atoms with Gasteiger partial charge in [-0.25, -0.2) is 0 Å². The highest BCUT2D eigenvalue weighted by Gasteiger charge is 2.30. The number of carbonyl (C=O) groups excluding carboxylic acids is 2. The van der Waals surface area contributed by atoms with Gasteiger partial charge in [-0.2, -0.15) is 0 Å². The van der Waals surface area contributed by atoms with E-state index in [2.05, 4.69) is 36.5 Å². The molecule has 3 rings (SSSR count). The molecule has 5 nitrogen and oxygen atoms in total. The number of hydrogen-bond donors (Lipinski definition) is 1. The molecular weight excluding hydrogens is 480 g/mol. The summed E-state index contributed by atoms with van der Waals surface area (Å²) in [4.78, 5) is 30.2. The van der Waals surface area contributed by atoms with Crippen molar-refractivity contribution in [2.75, 3.05) is 12.9 Å². The molecule has 2 atom stereocenters. The van der Waals surface area contributed by atoms with Crippen LogP contribution in [0.15, 0.2) is 83.8 Å². The minimum absolute atomic E-state index is 0.0247. The largest absolute Gasteiger partial charge is 0.497 e. The second-order valence-electron chi connectivity index (χ2n) is 9.31. The predicted octanol–water partition coefficient (Wildman–Crippen LogP) is 6.04. The van der Waals surface area contributed by atoms with Crippen molar-refractivity contribution in [3.05, 3.63) is 95.6 Å². The fraction of sp³-hybridized carbons (Fsp3) is 0.355. The molecule has 0 aliphatic heterocycles. The Kier molecular flexibility index (Phi) is 11.1. The van der Waals surface area contributed by atoms with Crippen molar-refractivity contribution in [2.45, 2.75) is 63.6 Å². The van der Waals surface area contributed by atoms with Gasteiger partial charge in [0.05, 0.1) is 7.11 Å². The lowest BCUT2D eigenvalue weighted by Gasteiger charge is -2.32. The molecule has 0 unspecified atom stereocenters. The van der Waals surface area contributed by atoms with E-state index in [1.54, 1.807) is 23.8 Å². The van der Waals surface area contributed by atoms with Gasteiger partial charge >= 0.3 is 0 Å². The smallest absolute Gasteiger partial charge is 0.243 e. The molecule has 0 spiro atoms. The third kappa shape index (κ3) is 8.97. The number of methoxy groups -OCH3 is 1. The van der Waals surface area contributed by atoms with Crippen molar-refractivity contribution >= 4 is 23.6 Å². The van der Waals surface area contributed by atoms with Crippen LogP contribution < -0.4 is 10.1 Å². The summed E-state index contributed by atoms with van der Waals surface area (Å²) in [5.74, 6) is 1.20. The summed E-state index contributed by atoms with van der Waals surface area (Å²) in [6.07, 6.45) is 1.61. The number of nitrogens with zero attached hydrogens (tertiary/aromatic N) is 1. The quantitative estimate of drug-likeness (QED) is 0.280. The lowest BCUT2D eigenvalue weighted by atomic mass is 10.0. The number of hydrogen-bond acceptors (Lipinski definition) is 4. The van der Waals surface area contributed by atoms with Gasteiger partial charge in [0.2, 0.25) is 11.8 Å². The van der Waals surface area contributed by atoms with Gasteiger partial charge in [0, 0.05) is 36.1 Å². The van der Waals surface area contributed by atoms with Crippen LogP contribution in [0.2, 0.25) is 0 Å². The predicted molar refractivity (Wildman–Crippen MR) is 152 cm³/mol. The van der Waals surface area contributed by atoms with Gasteiger partial charge in [-0.05, 0) is 55.7 Å². The van der Waals surface area contributed by atoms with E-state index in [-0.39, 0.29) is 17.9 Å². The third-order valence-corrected chi connectivity index (χ3v) is 7.38. The Labute approximate surface area is 225 Å². The maximum Gasteiger partial charge on any atom is 0.243 e. The van der Waals surface area contributed by atoms with Crippen LogP contribution >= 0.6 is 11.8 Å². The molecule has 3 aromatic rings. The van der Waals surface area contributed by atoms with Crippen molar-refractivity contribution < 1.29 is 14.3 Å². The van der Waals surface area contributed by atoms with Gasteiger partial charge in [-0.15, -0.1) is 11.8 Å². The molecule has 0 bridgehead atoms. The molecule has 0 fully saturated rings. The maximum absolute atomic E-state index is 13.7. The van der Waals surface area contributed by atoms with Gasteiger partial charge < -0.3 is 15.0 Å². The molecule has 2 amide bonds. The second-order valence-corrected chi connectivity index (χ2v) is 10.5. The minimum Gasteiger partial charge on any atom is -0.497 e. The number of thioether (sulfide) groups is 1. The molecule has 0 saturated heterocycles. The van der Waals surface area contributed by atoms with Crippen molar-refractivity contribution in [3.63, 3.8) is 0 Å². The number of benzene rings is 3. The number of ether oxygens (including phenoxy) is 1. The molecule has 0 radical (unpaired) electrons. The summed E-state index contributed by atoms with van der Waals surface area (Å²) in [5.41, 5.74) is 3.15. The van der Waals surface area contributed by atoms with E-state index in [9.17, 15) is 9.59 Å². The molecule has 0 aliphatic rings. The fourth-order valence-corrected chi connectivity index (χ4v) is 4.84. The van der Waals surface area contributed by atoms with Crippen LogP contribution in [0.3, 0.4) is 0 Å². The van der Waals surface area contributed by atoms with Gasteiger partial charge in [0.25, 0.3) is 0 Å². The Hall–Kier alpha value is -3.25. The van der Waals surface area contributed by atoms with Gasteiger partial charge in [0.15, 0.2) is 0 Å². The first-order valence-electron chi connectivity index (χ1n) is 12.9. The number of aryl methyl sites for hydroxylation is 1. The number of amides is 2. The Bertz CT molecular complexity index is 1130. The van der Waals surface area contributed by atoms with E-state index in [0.717, 1.165) is 28.2 Å². The first-order valence-corrected chi connectivity index (χ1v) is 13.8. The summed E-state index contributed by atoms with van der Waals surface area (Å²) in [6, 6.07) is 25.3. The van der Waals surface area contributed by atoms with Crippen molar-refractivity contribution in [1.82, 2.24) is 10.2 Å². The number of carbonyl (C=O) groups is 2. The van der Waals surface area contributed by atoms with Gasteiger partial charge in [-0.1, -0.05) is 67.1 Å². The molecule has 1 N–H and O–H groups in total. The maximum atomic E-state index is 13.7. The molecule has 0 aromatic heterocycles. The topological polar surface area (TPSA) is 58.6 Å². The van der Waals surface area contributed by atoms with E-state index >= 15 is 0 Å². The molecular formula is C31H38N2O3S. The number of rotatable bonds is 13. The molecule has 0 heterocycles. The molecule has 6 heteroatoms. The van der Waals surface area contributed by atoms with Crippen molar-refractivity contribution in [3.8, 4) is 5.75 Å². The van der Waals surface area contributed by atoms with Crippen LogP contribution in [0.5, 0.6) is 5.75 Å². The minimum atomic E-state index is -0.625. The zero-order valence-corrected chi connectivity index (χ0v) is 23.1. The molecule has 0 saturated carbocycles. The van der Waals surface area contributed by atoms with Crippen molar-refractivity contribution in [1.29, 1.82) is 0 Å². The zero-order valence-electron chi connectivity index (χ0n) is 22.3. The lowest BCUT2D eigenvalue weighted by Crippen LogP contribution is -2.52. The van der Waals surface area contributed by atoms with Gasteiger partial charge in [-0.3, -0.25) is 9.59 Å². The summed E-state index contributed by atoms with van der Waals surface area (Å²) in [7, 11) is 1.63. The van der Waals surface area contributed by atoms with Crippen molar-refractivity contribution in [2.24, 2.45) is 0 Å². The third-order valence-electron chi connectivity index (χ3n) is 6.36. The van der Waals surface area contributed by atoms with E-state index in [1.807, 2.05) is 68.4 Å². The lowest BCUT2D eigenvalue weighted by molar-refractivity contribution is -0.141. The fourth-order valence-electron chi connectivity index (χ4n) is 4.00. The van der Waals surface area contributed by atoms with Crippen LogP contribution in [0, 0.1) is 6.92 Å². The normalized spacial score (nSPS) is 12.4. The zero-order chi connectivity index (χ0) is 26.6. The first-order chi connectivity index (χ1) is 17.9. The Morgan fingerprint density at radius 2 is 1.68 bits per heavy atom. The van der Waals surface area contributed by atoms with Crippen LogP contribution in [0.4, 0.5) is 0 Å². The van der Waals surface area contributed by atoms with Crippen LogP contribution in [-0.2, 0) is 22.6 Å². The van der Waals surface area contributed by atoms with Crippen LogP contribution in [0.1, 0.15) is 43.4 Å². The SMILES string of the molecule is CC[C@H](C)NC(=O)[C@@H](Cc1ccccc1)N(Cc1cccc(OC)c1)C(=O)CCSc1ccc(C)cc1. The summed E-state index contributed by atoms with van der Waals surface area (Å²) in [5, 5.41) is 3.12. The highest BCUT2D eigenvalue weighted by molar-refractivity contribution is 7.99. The molecule has 196 valence electrons. The summed E-state index contributed by atoms with van der Waals surface area (Å²) < 4.78 is 5.40.